The lowest BCUT2D eigenvalue weighted by Gasteiger charge is -2.14. The Bertz CT molecular complexity index is 562. The second kappa shape index (κ2) is 5.46. The molecule has 7 heteroatoms. The van der Waals surface area contributed by atoms with Crippen LogP contribution >= 0.6 is 23.8 Å². The fourth-order valence-electron chi connectivity index (χ4n) is 1.56. The molecule has 0 aliphatic carbocycles. The fraction of sp³-hybridized carbons (Fsp3) is 0.500. The van der Waals surface area contributed by atoms with Crippen LogP contribution in [-0.2, 0) is 13.1 Å². The smallest absolute Gasteiger partial charge is 0.269 e. The molecule has 17 heavy (non-hydrogen) atoms. The van der Waals surface area contributed by atoms with Crippen LogP contribution in [0, 0.1) is 4.77 Å². The number of hydrogen-bond donors (Lipinski definition) is 1. The average Bonchev–Trinajstić information content (AvgIpc) is 2.29. The van der Waals surface area contributed by atoms with Gasteiger partial charge in [0.1, 0.15) is 5.56 Å². The number of rotatable bonds is 4. The van der Waals surface area contributed by atoms with Gasteiger partial charge in [-0.1, -0.05) is 0 Å². The van der Waals surface area contributed by atoms with Crippen molar-refractivity contribution >= 4 is 29.6 Å². The van der Waals surface area contributed by atoms with Gasteiger partial charge in [-0.05, 0) is 26.1 Å². The van der Waals surface area contributed by atoms with Crippen LogP contribution in [0.5, 0.6) is 5.88 Å². The molecule has 0 bridgehead atoms. The van der Waals surface area contributed by atoms with E-state index in [-0.39, 0.29) is 16.2 Å². The van der Waals surface area contributed by atoms with Gasteiger partial charge in [0.05, 0.1) is 5.88 Å². The lowest BCUT2D eigenvalue weighted by Crippen LogP contribution is -2.30. The van der Waals surface area contributed by atoms with Crippen LogP contribution in [0.25, 0.3) is 0 Å². The number of halogens is 1. The van der Waals surface area contributed by atoms with E-state index < -0.39 is 17.2 Å². The first kappa shape index (κ1) is 13.9. The molecular formula is C10H13ClN2O3S. The zero-order chi connectivity index (χ0) is 13.2. The number of ketones is 1. The monoisotopic (exact) mass is 276 g/mol. The highest BCUT2D eigenvalue weighted by Gasteiger charge is 2.20. The minimum Gasteiger partial charge on any atom is -0.494 e. The van der Waals surface area contributed by atoms with Gasteiger partial charge in [0.2, 0.25) is 5.88 Å². The predicted octanol–water partition coefficient (Wildman–Crippen LogP) is 1.55. The fourth-order valence-corrected chi connectivity index (χ4v) is 2.12. The maximum absolute atomic E-state index is 12.0. The lowest BCUT2D eigenvalue weighted by atomic mass is 10.2. The molecule has 0 saturated carbocycles. The van der Waals surface area contributed by atoms with Crippen molar-refractivity contribution in [1.82, 2.24) is 9.13 Å². The normalized spacial score (nSPS) is 10.5. The lowest BCUT2D eigenvalue weighted by molar-refractivity contribution is 0.101. The Morgan fingerprint density at radius 3 is 2.29 bits per heavy atom. The number of aromatic nitrogens is 2. The van der Waals surface area contributed by atoms with Gasteiger partial charge in [-0.3, -0.25) is 18.7 Å². The maximum atomic E-state index is 12.0. The van der Waals surface area contributed by atoms with Gasteiger partial charge in [0, 0.05) is 13.1 Å². The molecule has 5 nitrogen and oxygen atoms in total. The Morgan fingerprint density at radius 2 is 1.88 bits per heavy atom. The molecule has 0 radical (unpaired) electrons. The first-order chi connectivity index (χ1) is 7.99. The Kier molecular flexibility index (Phi) is 4.47. The molecule has 1 N–H and O–H groups in total. The molecule has 0 amide bonds. The van der Waals surface area contributed by atoms with Gasteiger partial charge in [0.25, 0.3) is 5.56 Å². The molecule has 0 aliphatic heterocycles. The number of Topliss-reactive ketones (excluding diaryl/α,β-unsaturated/α-hetero) is 1. The minimum atomic E-state index is -0.603. The summed E-state index contributed by atoms with van der Waals surface area (Å²) in [4.78, 5) is 23.5. The third-order valence-electron chi connectivity index (χ3n) is 2.43. The molecule has 0 fully saturated rings. The van der Waals surface area contributed by atoms with Crippen LogP contribution in [-0.4, -0.2) is 25.9 Å². The van der Waals surface area contributed by atoms with E-state index >= 15 is 0 Å². The van der Waals surface area contributed by atoms with E-state index in [0.29, 0.717) is 13.1 Å². The zero-order valence-corrected chi connectivity index (χ0v) is 11.1. The second-order valence-corrected chi connectivity index (χ2v) is 3.96. The quantitative estimate of drug-likeness (QED) is 0.515. The summed E-state index contributed by atoms with van der Waals surface area (Å²) in [7, 11) is 0. The Balaban J connectivity index is 3.79. The van der Waals surface area contributed by atoms with E-state index in [4.69, 9.17) is 23.8 Å². The molecule has 94 valence electrons. The molecule has 0 unspecified atom stereocenters. The van der Waals surface area contributed by atoms with Crippen LogP contribution in [0.15, 0.2) is 4.79 Å². The SMILES string of the molecule is CCn1c(O)c(C(=O)CCl)c(=O)n(CC)c1=S. The van der Waals surface area contributed by atoms with Crippen molar-refractivity contribution in [2.24, 2.45) is 0 Å². The molecule has 1 rings (SSSR count). The molecule has 1 aromatic heterocycles. The van der Waals surface area contributed by atoms with Crippen molar-refractivity contribution in [2.75, 3.05) is 5.88 Å². The van der Waals surface area contributed by atoms with E-state index in [0.717, 1.165) is 0 Å². The van der Waals surface area contributed by atoms with Crippen LogP contribution in [0.4, 0.5) is 0 Å². The summed E-state index contributed by atoms with van der Waals surface area (Å²) in [5, 5.41) is 9.88. The van der Waals surface area contributed by atoms with Crippen LogP contribution in [0.1, 0.15) is 24.2 Å². The second-order valence-electron chi connectivity index (χ2n) is 3.33. The third-order valence-corrected chi connectivity index (χ3v) is 3.12. The first-order valence-electron chi connectivity index (χ1n) is 5.15. The molecule has 0 saturated heterocycles. The zero-order valence-electron chi connectivity index (χ0n) is 9.57. The molecule has 1 heterocycles. The molecule has 0 spiro atoms. The minimum absolute atomic E-state index is 0.198. The van der Waals surface area contributed by atoms with Crippen molar-refractivity contribution in [1.29, 1.82) is 0 Å². The number of nitrogens with zero attached hydrogens (tertiary/aromatic N) is 2. The van der Waals surface area contributed by atoms with Crippen molar-refractivity contribution < 1.29 is 9.90 Å². The molecule has 0 aliphatic rings. The van der Waals surface area contributed by atoms with E-state index in [1.807, 2.05) is 0 Å². The summed E-state index contributed by atoms with van der Waals surface area (Å²) in [5.41, 5.74) is -0.886. The summed E-state index contributed by atoms with van der Waals surface area (Å²) in [6, 6.07) is 0. The highest BCUT2D eigenvalue weighted by Crippen LogP contribution is 2.15. The predicted molar refractivity (Wildman–Crippen MR) is 67.6 cm³/mol. The number of carbonyl (C=O) groups is 1. The topological polar surface area (TPSA) is 64.2 Å². The van der Waals surface area contributed by atoms with Gasteiger partial charge in [-0.25, -0.2) is 0 Å². The Hall–Kier alpha value is -1.14. The summed E-state index contributed by atoms with van der Waals surface area (Å²) in [5.74, 6) is -1.36. The first-order valence-corrected chi connectivity index (χ1v) is 6.09. The van der Waals surface area contributed by atoms with Crippen molar-refractivity contribution in [2.45, 2.75) is 26.9 Å². The summed E-state index contributed by atoms with van der Waals surface area (Å²) in [6.45, 7) is 4.20. The number of hydrogen-bond acceptors (Lipinski definition) is 4. The Labute approximate surface area is 108 Å². The molecule has 0 atom stereocenters. The standard InChI is InChI=1S/C10H13ClN2O3S/c1-3-12-8(15)7(6(14)5-11)9(16)13(4-2)10(12)17/h15H,3-5H2,1-2H3. The summed E-state index contributed by atoms with van der Waals surface area (Å²) >= 11 is 10.5. The maximum Gasteiger partial charge on any atom is 0.269 e. The molecule has 1 aromatic rings. The van der Waals surface area contributed by atoms with E-state index in [2.05, 4.69) is 0 Å². The largest absolute Gasteiger partial charge is 0.494 e. The van der Waals surface area contributed by atoms with Crippen molar-refractivity contribution in [3.63, 3.8) is 0 Å². The number of aromatic hydroxyl groups is 1. The van der Waals surface area contributed by atoms with Gasteiger partial charge in [-0.2, -0.15) is 0 Å². The van der Waals surface area contributed by atoms with E-state index in [1.165, 1.54) is 9.13 Å². The van der Waals surface area contributed by atoms with E-state index in [1.54, 1.807) is 13.8 Å². The number of carbonyl (C=O) groups excluding carboxylic acids is 1. The molecule has 0 aromatic carbocycles. The van der Waals surface area contributed by atoms with Gasteiger partial charge in [0.15, 0.2) is 10.6 Å². The van der Waals surface area contributed by atoms with Crippen LogP contribution in [0.3, 0.4) is 0 Å². The molecular weight excluding hydrogens is 264 g/mol. The highest BCUT2D eigenvalue weighted by atomic mass is 35.5. The van der Waals surface area contributed by atoms with Gasteiger partial charge < -0.3 is 5.11 Å². The van der Waals surface area contributed by atoms with Gasteiger partial charge >= 0.3 is 0 Å². The van der Waals surface area contributed by atoms with Crippen LogP contribution in [0.2, 0.25) is 0 Å². The summed E-state index contributed by atoms with van der Waals surface area (Å²) in [6.07, 6.45) is 0. The third kappa shape index (κ3) is 2.28. The number of alkyl halides is 1. The van der Waals surface area contributed by atoms with E-state index in [9.17, 15) is 14.7 Å². The van der Waals surface area contributed by atoms with Crippen LogP contribution < -0.4 is 5.56 Å². The highest BCUT2D eigenvalue weighted by molar-refractivity contribution is 7.71. The van der Waals surface area contributed by atoms with Crippen molar-refractivity contribution in [3.8, 4) is 5.88 Å². The van der Waals surface area contributed by atoms with Crippen molar-refractivity contribution in [3.05, 3.63) is 20.7 Å². The average molecular weight is 277 g/mol. The van der Waals surface area contributed by atoms with Gasteiger partial charge in [-0.15, -0.1) is 11.6 Å². The Morgan fingerprint density at radius 1 is 1.35 bits per heavy atom. The summed E-state index contributed by atoms with van der Waals surface area (Å²) < 4.78 is 2.79.